The Morgan fingerprint density at radius 2 is 1.85 bits per heavy atom. The fourth-order valence-corrected chi connectivity index (χ4v) is 3.01. The molecule has 2 atom stereocenters. The lowest BCUT2D eigenvalue weighted by Gasteiger charge is -2.10. The number of carboxylic acids is 1. The van der Waals surface area contributed by atoms with Crippen molar-refractivity contribution in [1.82, 2.24) is 0 Å². The van der Waals surface area contributed by atoms with E-state index in [4.69, 9.17) is 9.84 Å². The molecule has 0 aromatic heterocycles. The highest BCUT2D eigenvalue weighted by Gasteiger charge is 2.22. The molecule has 1 aromatic carbocycles. The molecule has 20 heavy (non-hydrogen) atoms. The third-order valence-corrected chi connectivity index (χ3v) is 4.53. The summed E-state index contributed by atoms with van der Waals surface area (Å²) in [5.41, 5.74) is 1.16. The number of aliphatic carboxylic acids is 1. The van der Waals surface area contributed by atoms with Crippen molar-refractivity contribution in [3.05, 3.63) is 35.4 Å². The van der Waals surface area contributed by atoms with E-state index in [1.54, 1.807) is 38.1 Å². The number of carboxylic acid groups (broad SMARTS) is 1. The second-order valence-corrected chi connectivity index (χ2v) is 5.80. The van der Waals surface area contributed by atoms with E-state index >= 15 is 0 Å². The van der Waals surface area contributed by atoms with Gasteiger partial charge in [-0.3, -0.25) is 9.00 Å². The number of carbonyl (C=O) groups is 2. The van der Waals surface area contributed by atoms with Gasteiger partial charge in [0.2, 0.25) is 0 Å². The molecule has 1 rings (SSSR count). The maximum absolute atomic E-state index is 11.9. The van der Waals surface area contributed by atoms with E-state index in [9.17, 15) is 13.8 Å². The molecule has 0 radical (unpaired) electrons. The van der Waals surface area contributed by atoms with E-state index < -0.39 is 28.0 Å². The summed E-state index contributed by atoms with van der Waals surface area (Å²) in [7, 11) is -1.48. The Morgan fingerprint density at radius 1 is 1.25 bits per heavy atom. The highest BCUT2D eigenvalue weighted by atomic mass is 32.2. The zero-order chi connectivity index (χ0) is 15.1. The largest absolute Gasteiger partial charge is 0.480 e. The maximum atomic E-state index is 11.9. The summed E-state index contributed by atoms with van der Waals surface area (Å²) < 4.78 is 16.8. The minimum absolute atomic E-state index is 0.161. The van der Waals surface area contributed by atoms with Crippen LogP contribution in [0, 0.1) is 0 Å². The summed E-state index contributed by atoms with van der Waals surface area (Å²) in [4.78, 5) is 22.4. The Kier molecular flexibility index (Phi) is 6.38. The second-order valence-electron chi connectivity index (χ2n) is 4.18. The lowest BCUT2D eigenvalue weighted by molar-refractivity contribution is -0.136. The summed E-state index contributed by atoms with van der Waals surface area (Å²) in [5, 5.41) is 8.08. The predicted octanol–water partition coefficient (Wildman–Crippen LogP) is 1.98. The average molecular weight is 298 g/mol. The first kappa shape index (κ1) is 16.4. The van der Waals surface area contributed by atoms with Crippen LogP contribution in [0.15, 0.2) is 24.3 Å². The Morgan fingerprint density at radius 3 is 2.30 bits per heavy atom. The SMILES string of the molecule is CCOC(=O)c1ccc(CS(=O)C(CC)C(=O)O)cc1. The highest BCUT2D eigenvalue weighted by Crippen LogP contribution is 2.12. The zero-order valence-electron chi connectivity index (χ0n) is 11.5. The van der Waals surface area contributed by atoms with E-state index in [1.807, 2.05) is 0 Å². The second kappa shape index (κ2) is 7.79. The molecule has 1 N–H and O–H groups in total. The molecular weight excluding hydrogens is 280 g/mol. The van der Waals surface area contributed by atoms with Crippen LogP contribution in [0.5, 0.6) is 0 Å². The topological polar surface area (TPSA) is 80.7 Å². The van der Waals surface area contributed by atoms with Crippen molar-refractivity contribution in [2.45, 2.75) is 31.3 Å². The number of hydrogen-bond acceptors (Lipinski definition) is 4. The van der Waals surface area contributed by atoms with E-state index in [0.717, 1.165) is 5.56 Å². The molecule has 0 heterocycles. The minimum Gasteiger partial charge on any atom is -0.480 e. The van der Waals surface area contributed by atoms with Crippen molar-refractivity contribution >= 4 is 22.7 Å². The van der Waals surface area contributed by atoms with Crippen LogP contribution in [0.2, 0.25) is 0 Å². The highest BCUT2D eigenvalue weighted by molar-refractivity contribution is 7.85. The van der Waals surface area contributed by atoms with Gasteiger partial charge in [-0.05, 0) is 31.0 Å². The third-order valence-electron chi connectivity index (χ3n) is 2.74. The van der Waals surface area contributed by atoms with Crippen LogP contribution in [0.4, 0.5) is 0 Å². The fraction of sp³-hybridized carbons (Fsp3) is 0.429. The number of benzene rings is 1. The number of ether oxygens (including phenoxy) is 1. The summed E-state index contributed by atoms with van der Waals surface area (Å²) in [6, 6.07) is 6.51. The van der Waals surface area contributed by atoms with Crippen LogP contribution in [0.3, 0.4) is 0 Å². The van der Waals surface area contributed by atoms with Gasteiger partial charge in [-0.25, -0.2) is 4.79 Å². The van der Waals surface area contributed by atoms with Crippen LogP contribution in [0.25, 0.3) is 0 Å². The molecule has 5 nitrogen and oxygen atoms in total. The molecular formula is C14H18O5S. The Bertz CT molecular complexity index is 495. The first-order valence-corrected chi connectivity index (χ1v) is 7.73. The normalized spacial score (nSPS) is 13.5. The molecule has 0 saturated heterocycles. The Hall–Kier alpha value is -1.69. The van der Waals surface area contributed by atoms with Crippen molar-refractivity contribution in [2.24, 2.45) is 0 Å². The zero-order valence-corrected chi connectivity index (χ0v) is 12.3. The van der Waals surface area contributed by atoms with E-state index in [1.165, 1.54) is 0 Å². The fourth-order valence-electron chi connectivity index (χ4n) is 1.69. The van der Waals surface area contributed by atoms with E-state index in [2.05, 4.69) is 0 Å². The van der Waals surface area contributed by atoms with Crippen molar-refractivity contribution in [3.8, 4) is 0 Å². The summed E-state index contributed by atoms with van der Waals surface area (Å²) in [6.45, 7) is 3.73. The summed E-state index contributed by atoms with van der Waals surface area (Å²) >= 11 is 0. The van der Waals surface area contributed by atoms with Gasteiger partial charge in [0, 0.05) is 16.6 Å². The number of carbonyl (C=O) groups excluding carboxylic acids is 1. The molecule has 0 aliphatic heterocycles. The van der Waals surface area contributed by atoms with E-state index in [0.29, 0.717) is 18.6 Å². The smallest absolute Gasteiger partial charge is 0.338 e. The average Bonchev–Trinajstić information content (AvgIpc) is 2.40. The lowest BCUT2D eigenvalue weighted by atomic mass is 10.1. The standard InChI is InChI=1S/C14H18O5S/c1-3-12(13(15)16)20(18)9-10-5-7-11(8-6-10)14(17)19-4-2/h5-8,12H,3-4,9H2,1-2H3,(H,15,16). The summed E-state index contributed by atoms with van der Waals surface area (Å²) in [6.07, 6.45) is 0.322. The Balaban J connectivity index is 2.72. The molecule has 0 aliphatic carbocycles. The first-order chi connectivity index (χ1) is 9.49. The van der Waals surface area contributed by atoms with Crippen LogP contribution < -0.4 is 0 Å². The van der Waals surface area contributed by atoms with Gasteiger partial charge in [-0.15, -0.1) is 0 Å². The van der Waals surface area contributed by atoms with E-state index in [-0.39, 0.29) is 5.75 Å². The van der Waals surface area contributed by atoms with Gasteiger partial charge in [0.05, 0.1) is 12.2 Å². The molecule has 0 aliphatic rings. The molecule has 2 unspecified atom stereocenters. The Labute approximate surface area is 120 Å². The summed E-state index contributed by atoms with van der Waals surface area (Å²) in [5.74, 6) is -1.29. The van der Waals surface area contributed by atoms with Gasteiger partial charge in [0.25, 0.3) is 0 Å². The molecule has 6 heteroatoms. The van der Waals surface area contributed by atoms with Crippen molar-refractivity contribution in [3.63, 3.8) is 0 Å². The van der Waals surface area contributed by atoms with Crippen molar-refractivity contribution < 1.29 is 23.6 Å². The van der Waals surface area contributed by atoms with Gasteiger partial charge in [-0.2, -0.15) is 0 Å². The number of esters is 1. The molecule has 0 fully saturated rings. The third kappa shape index (κ3) is 4.45. The predicted molar refractivity (Wildman–Crippen MR) is 76.0 cm³/mol. The molecule has 0 bridgehead atoms. The minimum atomic E-state index is -1.48. The number of hydrogen-bond donors (Lipinski definition) is 1. The van der Waals surface area contributed by atoms with Crippen LogP contribution in [-0.4, -0.2) is 33.1 Å². The van der Waals surface area contributed by atoms with Gasteiger partial charge >= 0.3 is 11.9 Å². The number of rotatable bonds is 7. The molecule has 1 aromatic rings. The molecule has 0 spiro atoms. The maximum Gasteiger partial charge on any atom is 0.338 e. The molecule has 0 amide bonds. The first-order valence-electron chi connectivity index (χ1n) is 6.35. The van der Waals surface area contributed by atoms with Crippen LogP contribution in [-0.2, 0) is 26.1 Å². The van der Waals surface area contributed by atoms with Crippen molar-refractivity contribution in [1.29, 1.82) is 0 Å². The van der Waals surface area contributed by atoms with Gasteiger partial charge in [0.1, 0.15) is 5.25 Å². The quantitative estimate of drug-likeness (QED) is 0.778. The van der Waals surface area contributed by atoms with Crippen LogP contribution >= 0.6 is 0 Å². The van der Waals surface area contributed by atoms with Gasteiger partial charge < -0.3 is 9.84 Å². The van der Waals surface area contributed by atoms with Crippen LogP contribution in [0.1, 0.15) is 36.2 Å². The molecule has 0 saturated carbocycles. The monoisotopic (exact) mass is 298 g/mol. The van der Waals surface area contributed by atoms with Crippen molar-refractivity contribution in [2.75, 3.05) is 6.61 Å². The van der Waals surface area contributed by atoms with Gasteiger partial charge in [-0.1, -0.05) is 19.1 Å². The lowest BCUT2D eigenvalue weighted by Crippen LogP contribution is -2.25. The van der Waals surface area contributed by atoms with Gasteiger partial charge in [0.15, 0.2) is 0 Å². The molecule has 110 valence electrons.